The van der Waals surface area contributed by atoms with Gasteiger partial charge in [0, 0.05) is 26.1 Å². The number of carbonyl (C=O) groups excluding carboxylic acids is 2. The molecule has 1 unspecified atom stereocenters. The SMILES string of the molecule is CCOc1ccc(N(CC(=O)N(Cc2ccccc2)C(Cc2ccccc2)C(=O)NC)S(=O)(=O)c2ccc(OC)c(OC)c2)cc1. The maximum absolute atomic E-state index is 14.4. The normalized spacial score (nSPS) is 11.7. The number of nitrogens with one attached hydrogen (secondary N) is 1. The van der Waals surface area contributed by atoms with Crippen molar-refractivity contribution in [3.8, 4) is 17.2 Å². The van der Waals surface area contributed by atoms with Crippen LogP contribution in [0.4, 0.5) is 5.69 Å². The predicted molar refractivity (Wildman–Crippen MR) is 177 cm³/mol. The van der Waals surface area contributed by atoms with Crippen molar-refractivity contribution in [1.82, 2.24) is 10.2 Å². The highest BCUT2D eigenvalue weighted by Gasteiger charge is 2.34. The molecule has 10 nitrogen and oxygen atoms in total. The van der Waals surface area contributed by atoms with E-state index >= 15 is 0 Å². The summed E-state index contributed by atoms with van der Waals surface area (Å²) in [4.78, 5) is 29.1. The molecule has 0 saturated heterocycles. The summed E-state index contributed by atoms with van der Waals surface area (Å²) in [5.41, 5.74) is 1.88. The van der Waals surface area contributed by atoms with Gasteiger partial charge in [0.25, 0.3) is 10.0 Å². The van der Waals surface area contributed by atoms with Crippen molar-refractivity contribution in [2.75, 3.05) is 38.7 Å². The third kappa shape index (κ3) is 8.16. The van der Waals surface area contributed by atoms with Crippen LogP contribution in [0.5, 0.6) is 17.2 Å². The first kappa shape index (κ1) is 33.9. The molecule has 0 heterocycles. The molecule has 4 rings (SSSR count). The van der Waals surface area contributed by atoms with Crippen molar-refractivity contribution >= 4 is 27.5 Å². The van der Waals surface area contributed by atoms with E-state index in [9.17, 15) is 18.0 Å². The summed E-state index contributed by atoms with van der Waals surface area (Å²) in [6.07, 6.45) is 0.227. The largest absolute Gasteiger partial charge is 0.494 e. The predicted octanol–water partition coefficient (Wildman–Crippen LogP) is 4.68. The Kier molecular flexibility index (Phi) is 11.6. The highest BCUT2D eigenvalue weighted by molar-refractivity contribution is 7.92. The highest BCUT2D eigenvalue weighted by Crippen LogP contribution is 2.33. The fourth-order valence-electron chi connectivity index (χ4n) is 5.01. The molecule has 4 aromatic rings. The minimum absolute atomic E-state index is 0.0815. The first-order chi connectivity index (χ1) is 22.2. The van der Waals surface area contributed by atoms with Gasteiger partial charge in [-0.05, 0) is 54.4 Å². The van der Waals surface area contributed by atoms with Crippen molar-refractivity contribution in [1.29, 1.82) is 0 Å². The number of hydrogen-bond donors (Lipinski definition) is 1. The van der Waals surface area contributed by atoms with E-state index < -0.39 is 28.5 Å². The second kappa shape index (κ2) is 15.8. The van der Waals surface area contributed by atoms with E-state index in [1.807, 2.05) is 67.6 Å². The number of rotatable bonds is 15. The standard InChI is InChI=1S/C35H39N3O7S/c1-5-45-29-18-16-28(17-19-29)38(46(41,42)30-20-21-32(43-3)33(23-30)44-4)25-34(39)37(24-27-14-10-7-11-15-27)31(35(40)36-2)22-26-12-8-6-9-13-26/h6-21,23,31H,5,22,24-25H2,1-4H3,(H,36,40). The van der Waals surface area contributed by atoms with Crippen LogP contribution >= 0.6 is 0 Å². The van der Waals surface area contributed by atoms with Gasteiger partial charge in [0.2, 0.25) is 11.8 Å². The number of benzene rings is 4. The molecule has 0 aromatic heterocycles. The third-order valence-corrected chi connectivity index (χ3v) is 9.14. The van der Waals surface area contributed by atoms with Crippen molar-refractivity contribution in [2.24, 2.45) is 0 Å². The number of methoxy groups -OCH3 is 2. The van der Waals surface area contributed by atoms with E-state index in [2.05, 4.69) is 5.32 Å². The third-order valence-electron chi connectivity index (χ3n) is 7.37. The monoisotopic (exact) mass is 645 g/mol. The molecule has 0 aliphatic carbocycles. The second-order valence-electron chi connectivity index (χ2n) is 10.3. The summed E-state index contributed by atoms with van der Waals surface area (Å²) in [6.45, 7) is 1.78. The number of nitrogens with zero attached hydrogens (tertiary/aromatic N) is 2. The van der Waals surface area contributed by atoms with Crippen LogP contribution in [0.3, 0.4) is 0 Å². The molecule has 0 radical (unpaired) electrons. The number of hydrogen-bond acceptors (Lipinski definition) is 7. The molecule has 1 N–H and O–H groups in total. The Morgan fingerprint density at radius 3 is 1.98 bits per heavy atom. The number of carbonyl (C=O) groups is 2. The summed E-state index contributed by atoms with van der Waals surface area (Å²) in [7, 11) is 0.0401. The molecule has 46 heavy (non-hydrogen) atoms. The summed E-state index contributed by atoms with van der Waals surface area (Å²) < 4.78 is 45.9. The van der Waals surface area contributed by atoms with Crippen LogP contribution < -0.4 is 23.8 Å². The lowest BCUT2D eigenvalue weighted by Gasteiger charge is -2.33. The lowest BCUT2D eigenvalue weighted by atomic mass is 10.0. The lowest BCUT2D eigenvalue weighted by molar-refractivity contribution is -0.139. The Morgan fingerprint density at radius 1 is 0.804 bits per heavy atom. The Labute approximate surface area is 270 Å². The summed E-state index contributed by atoms with van der Waals surface area (Å²) >= 11 is 0. The lowest BCUT2D eigenvalue weighted by Crippen LogP contribution is -2.53. The van der Waals surface area contributed by atoms with Gasteiger partial charge in [-0.25, -0.2) is 8.42 Å². The van der Waals surface area contributed by atoms with Crippen LogP contribution in [0.15, 0.2) is 108 Å². The minimum Gasteiger partial charge on any atom is -0.494 e. The number of anilines is 1. The van der Waals surface area contributed by atoms with Crippen molar-refractivity contribution in [3.63, 3.8) is 0 Å². The van der Waals surface area contributed by atoms with Gasteiger partial charge >= 0.3 is 0 Å². The molecule has 2 amide bonds. The quantitative estimate of drug-likeness (QED) is 0.200. The molecule has 0 spiro atoms. The summed E-state index contributed by atoms with van der Waals surface area (Å²) in [5.74, 6) is 0.187. The number of amides is 2. The van der Waals surface area contributed by atoms with Crippen molar-refractivity contribution in [2.45, 2.75) is 30.8 Å². The number of sulfonamides is 1. The molecule has 0 fully saturated rings. The zero-order chi connectivity index (χ0) is 33.1. The van der Waals surface area contributed by atoms with Gasteiger partial charge < -0.3 is 24.4 Å². The maximum atomic E-state index is 14.4. The van der Waals surface area contributed by atoms with Crippen LogP contribution in [0, 0.1) is 0 Å². The molecule has 1 atom stereocenters. The van der Waals surface area contributed by atoms with E-state index in [4.69, 9.17) is 14.2 Å². The average molecular weight is 646 g/mol. The molecular formula is C35H39N3O7S. The van der Waals surface area contributed by atoms with Crippen LogP contribution in [0.1, 0.15) is 18.1 Å². The highest BCUT2D eigenvalue weighted by atomic mass is 32.2. The molecule has 0 saturated carbocycles. The van der Waals surface area contributed by atoms with Crippen molar-refractivity contribution in [3.05, 3.63) is 114 Å². The fourth-order valence-corrected chi connectivity index (χ4v) is 6.44. The van der Waals surface area contributed by atoms with Gasteiger partial charge in [-0.15, -0.1) is 0 Å². The Hall–Kier alpha value is -5.03. The molecule has 0 aliphatic heterocycles. The molecule has 11 heteroatoms. The summed E-state index contributed by atoms with van der Waals surface area (Å²) in [5, 5.41) is 2.68. The molecule has 4 aromatic carbocycles. The molecule has 0 bridgehead atoms. The fraction of sp³-hybridized carbons (Fsp3) is 0.257. The molecule has 0 aliphatic rings. The van der Waals surface area contributed by atoms with Gasteiger partial charge in [0.1, 0.15) is 18.3 Å². The Balaban J connectivity index is 1.80. The number of likely N-dealkylation sites (N-methyl/N-ethyl adjacent to an activating group) is 1. The minimum atomic E-state index is -4.34. The van der Waals surface area contributed by atoms with Gasteiger partial charge in [0.15, 0.2) is 11.5 Å². The summed E-state index contributed by atoms with van der Waals surface area (Å²) in [6, 6.07) is 28.4. The van der Waals surface area contributed by atoms with Gasteiger partial charge in [-0.1, -0.05) is 60.7 Å². The topological polar surface area (TPSA) is 114 Å². The van der Waals surface area contributed by atoms with Crippen LogP contribution in [-0.4, -0.2) is 65.6 Å². The zero-order valence-electron chi connectivity index (χ0n) is 26.4. The van der Waals surface area contributed by atoms with Crippen LogP contribution in [0.25, 0.3) is 0 Å². The van der Waals surface area contributed by atoms with Gasteiger partial charge in [-0.3, -0.25) is 13.9 Å². The Bertz CT molecular complexity index is 1700. The van der Waals surface area contributed by atoms with Crippen LogP contribution in [-0.2, 0) is 32.6 Å². The van der Waals surface area contributed by atoms with E-state index in [1.165, 1.54) is 44.4 Å². The zero-order valence-corrected chi connectivity index (χ0v) is 27.2. The Morgan fingerprint density at radius 2 is 1.41 bits per heavy atom. The van der Waals surface area contributed by atoms with Crippen molar-refractivity contribution < 1.29 is 32.2 Å². The smallest absolute Gasteiger partial charge is 0.264 e. The van der Waals surface area contributed by atoms with E-state index in [-0.39, 0.29) is 35.2 Å². The maximum Gasteiger partial charge on any atom is 0.264 e. The van der Waals surface area contributed by atoms with Gasteiger partial charge in [-0.2, -0.15) is 0 Å². The first-order valence-electron chi connectivity index (χ1n) is 14.8. The average Bonchev–Trinajstić information content (AvgIpc) is 3.09. The molecule has 242 valence electrons. The first-order valence-corrected chi connectivity index (χ1v) is 16.2. The van der Waals surface area contributed by atoms with E-state index in [1.54, 1.807) is 24.3 Å². The van der Waals surface area contributed by atoms with E-state index in [0.717, 1.165) is 15.4 Å². The number of ether oxygens (including phenoxy) is 3. The van der Waals surface area contributed by atoms with E-state index in [0.29, 0.717) is 18.1 Å². The molecular weight excluding hydrogens is 606 g/mol. The van der Waals surface area contributed by atoms with Crippen LogP contribution in [0.2, 0.25) is 0 Å². The second-order valence-corrected chi connectivity index (χ2v) is 12.1. The van der Waals surface area contributed by atoms with Gasteiger partial charge in [0.05, 0.1) is 31.4 Å².